The van der Waals surface area contributed by atoms with Crippen LogP contribution in [0.1, 0.15) is 22.8 Å². The van der Waals surface area contributed by atoms with Gasteiger partial charge in [-0.05, 0) is 30.2 Å². The molecule has 8 nitrogen and oxygen atoms in total. The molecule has 6 unspecified atom stereocenters. The minimum absolute atomic E-state index is 0.0241. The first-order valence-electron chi connectivity index (χ1n) is 10.5. The number of fused-ring (bicyclic) bond motifs is 9. The second-order valence-electron chi connectivity index (χ2n) is 8.86. The lowest BCUT2D eigenvalue weighted by Gasteiger charge is -2.43. The normalized spacial score (nSPS) is 34.4. The molecular formula is C22H20N2O6S2. The summed E-state index contributed by atoms with van der Waals surface area (Å²) >= 11 is 2.80. The maximum atomic E-state index is 13.2. The van der Waals surface area contributed by atoms with E-state index in [1.54, 1.807) is 18.9 Å². The van der Waals surface area contributed by atoms with Gasteiger partial charge in [0, 0.05) is 21.6 Å². The Hall–Kier alpha value is -2.59. The maximum Gasteiger partial charge on any atom is 0.323 e. The van der Waals surface area contributed by atoms with Gasteiger partial charge in [-0.2, -0.15) is 0 Å². The SMILES string of the molecule is COc1ccccc1[C@H]1c2sc(=O)[nH]c2SC2C3CC(C4C(=O)N(CC(=O)O)C(=O)C34)C21. The van der Waals surface area contributed by atoms with Gasteiger partial charge in [0.1, 0.15) is 12.3 Å². The van der Waals surface area contributed by atoms with Crippen molar-refractivity contribution in [2.75, 3.05) is 13.7 Å². The van der Waals surface area contributed by atoms with Gasteiger partial charge < -0.3 is 14.8 Å². The Bertz CT molecular complexity index is 1220. The van der Waals surface area contributed by atoms with Crippen LogP contribution in [0, 0.1) is 29.6 Å². The molecule has 2 bridgehead atoms. The molecule has 3 heterocycles. The molecule has 0 radical (unpaired) electrons. The molecule has 4 aliphatic rings. The van der Waals surface area contributed by atoms with Crippen molar-refractivity contribution in [2.24, 2.45) is 29.6 Å². The molecule has 2 aliphatic heterocycles. The van der Waals surface area contributed by atoms with Gasteiger partial charge in [0.25, 0.3) is 0 Å². The lowest BCUT2D eigenvalue weighted by molar-refractivity contribution is -0.149. The minimum atomic E-state index is -1.18. The largest absolute Gasteiger partial charge is 0.496 e. The number of carbonyl (C=O) groups excluding carboxylic acids is 2. The van der Waals surface area contributed by atoms with Crippen LogP contribution in [0.4, 0.5) is 0 Å². The molecule has 3 fully saturated rings. The maximum absolute atomic E-state index is 13.2. The summed E-state index contributed by atoms with van der Waals surface area (Å²) in [5, 5.41) is 10.1. The quantitative estimate of drug-likeness (QED) is 0.654. The molecule has 2 amide bonds. The number of amides is 2. The molecule has 1 aromatic heterocycles. The molecular weight excluding hydrogens is 452 g/mol. The van der Waals surface area contributed by atoms with Gasteiger partial charge in [-0.15, -0.1) is 11.8 Å². The first kappa shape index (κ1) is 20.0. The summed E-state index contributed by atoms with van der Waals surface area (Å²) in [5.74, 6) is -2.24. The molecule has 2 aliphatic carbocycles. The Morgan fingerprint density at radius 2 is 1.91 bits per heavy atom. The van der Waals surface area contributed by atoms with Crippen LogP contribution in [0.5, 0.6) is 5.75 Å². The predicted molar refractivity (Wildman–Crippen MR) is 116 cm³/mol. The Morgan fingerprint density at radius 3 is 2.62 bits per heavy atom. The van der Waals surface area contributed by atoms with Crippen LogP contribution in [-0.2, 0) is 14.4 Å². The van der Waals surface area contributed by atoms with Crippen molar-refractivity contribution in [2.45, 2.75) is 22.6 Å². The molecule has 2 saturated carbocycles. The highest BCUT2D eigenvalue weighted by Gasteiger charge is 2.69. The van der Waals surface area contributed by atoms with Crippen LogP contribution in [0.2, 0.25) is 0 Å². The fraction of sp³-hybridized carbons (Fsp3) is 0.455. The molecule has 10 heteroatoms. The molecule has 0 spiro atoms. The van der Waals surface area contributed by atoms with Crippen LogP contribution in [-0.4, -0.2) is 51.7 Å². The second-order valence-corrected chi connectivity index (χ2v) is 11.1. The van der Waals surface area contributed by atoms with Crippen LogP contribution in [0.3, 0.4) is 0 Å². The van der Waals surface area contributed by atoms with Crippen LogP contribution in [0.25, 0.3) is 0 Å². The third-order valence-corrected chi connectivity index (χ3v) is 10.2. The zero-order chi connectivity index (χ0) is 22.3. The van der Waals surface area contributed by atoms with Gasteiger partial charge in [0.15, 0.2) is 0 Å². The standard InChI is InChI=1S/C22H20N2O6S2/c1-30-11-5-3-2-4-8(11)13-14-9-6-10(17(14)31-19-18(13)32-22(29)23-19)16-15(9)20(27)24(21(16)28)7-12(25)26/h2-5,9-10,13-17H,6-7H2,1H3,(H,23,29)(H,25,26)/t9?,10?,13-,14?,15?,16?,17?/m1/s1. The summed E-state index contributed by atoms with van der Waals surface area (Å²) in [5.41, 5.74) is 0.977. The van der Waals surface area contributed by atoms with Crippen LogP contribution < -0.4 is 9.61 Å². The number of benzene rings is 1. The van der Waals surface area contributed by atoms with E-state index in [4.69, 9.17) is 4.74 Å². The number of methoxy groups -OCH3 is 1. The summed E-state index contributed by atoms with van der Waals surface area (Å²) in [6.45, 7) is -0.580. The average molecular weight is 473 g/mol. The zero-order valence-corrected chi connectivity index (χ0v) is 18.7. The van der Waals surface area contributed by atoms with Crippen molar-refractivity contribution in [1.82, 2.24) is 9.88 Å². The Kier molecular flexibility index (Phi) is 4.36. The van der Waals surface area contributed by atoms with Crippen LogP contribution >= 0.6 is 23.1 Å². The van der Waals surface area contributed by atoms with E-state index in [-0.39, 0.29) is 45.6 Å². The number of aliphatic carboxylic acids is 1. The number of aromatic nitrogens is 1. The highest BCUT2D eigenvalue weighted by atomic mass is 32.2. The number of likely N-dealkylation sites (tertiary alicyclic amines) is 1. The van der Waals surface area contributed by atoms with Gasteiger partial charge in [0.2, 0.25) is 11.8 Å². The van der Waals surface area contributed by atoms with E-state index in [0.717, 1.165) is 32.5 Å². The van der Waals surface area contributed by atoms with Crippen molar-refractivity contribution in [3.63, 3.8) is 0 Å². The Labute approximate surface area is 191 Å². The molecule has 166 valence electrons. The number of para-hydroxylation sites is 1. The summed E-state index contributed by atoms with van der Waals surface area (Å²) in [7, 11) is 1.62. The van der Waals surface area contributed by atoms with Crippen molar-refractivity contribution in [3.05, 3.63) is 44.4 Å². The van der Waals surface area contributed by atoms with Gasteiger partial charge in [-0.25, -0.2) is 0 Å². The zero-order valence-electron chi connectivity index (χ0n) is 17.0. The number of thiazole rings is 1. The van der Waals surface area contributed by atoms with E-state index < -0.39 is 24.3 Å². The fourth-order valence-corrected chi connectivity index (χ4v) is 9.52. The number of ether oxygens (including phenoxy) is 1. The fourth-order valence-electron chi connectivity index (χ4n) is 6.64. The number of hydrogen-bond donors (Lipinski definition) is 2. The molecule has 7 atom stereocenters. The summed E-state index contributed by atoms with van der Waals surface area (Å²) in [4.78, 5) is 54.5. The van der Waals surface area contributed by atoms with E-state index >= 15 is 0 Å². The Morgan fingerprint density at radius 1 is 1.19 bits per heavy atom. The summed E-state index contributed by atoms with van der Waals surface area (Å²) in [6.07, 6.45) is 0.765. The number of imide groups is 1. The van der Waals surface area contributed by atoms with Crippen molar-refractivity contribution >= 4 is 40.9 Å². The number of H-pyrrole nitrogens is 1. The molecule has 1 aromatic carbocycles. The smallest absolute Gasteiger partial charge is 0.323 e. The lowest BCUT2D eigenvalue weighted by atomic mass is 9.68. The predicted octanol–water partition coefficient (Wildman–Crippen LogP) is 2.00. The number of aromatic amines is 1. The highest BCUT2D eigenvalue weighted by Crippen LogP contribution is 2.68. The number of carbonyl (C=O) groups is 3. The van der Waals surface area contributed by atoms with Crippen molar-refractivity contribution in [1.29, 1.82) is 0 Å². The second kappa shape index (κ2) is 6.95. The number of hydrogen-bond acceptors (Lipinski definition) is 7. The average Bonchev–Trinajstić information content (AvgIpc) is 3.49. The van der Waals surface area contributed by atoms with E-state index in [1.165, 1.54) is 11.3 Å². The monoisotopic (exact) mass is 472 g/mol. The minimum Gasteiger partial charge on any atom is -0.496 e. The lowest BCUT2D eigenvalue weighted by Crippen LogP contribution is -2.42. The number of thioether (sulfide) groups is 1. The topological polar surface area (TPSA) is 117 Å². The molecule has 32 heavy (non-hydrogen) atoms. The molecule has 2 N–H and O–H groups in total. The molecule has 1 saturated heterocycles. The molecule has 2 aromatic rings. The Balaban J connectivity index is 1.47. The number of nitrogens with one attached hydrogen (secondary N) is 1. The van der Waals surface area contributed by atoms with Gasteiger partial charge in [-0.1, -0.05) is 29.5 Å². The summed E-state index contributed by atoms with van der Waals surface area (Å²) < 4.78 is 5.65. The third-order valence-electron chi connectivity index (χ3n) is 7.58. The number of carboxylic acid groups (broad SMARTS) is 1. The van der Waals surface area contributed by atoms with E-state index in [1.807, 2.05) is 24.3 Å². The van der Waals surface area contributed by atoms with E-state index in [2.05, 4.69) is 4.98 Å². The summed E-state index contributed by atoms with van der Waals surface area (Å²) in [6, 6.07) is 7.75. The van der Waals surface area contributed by atoms with Gasteiger partial charge in [-0.3, -0.25) is 24.1 Å². The van der Waals surface area contributed by atoms with Crippen molar-refractivity contribution < 1.29 is 24.2 Å². The first-order valence-corrected chi connectivity index (χ1v) is 12.2. The molecule has 6 rings (SSSR count). The third kappa shape index (κ3) is 2.56. The van der Waals surface area contributed by atoms with Gasteiger partial charge in [0.05, 0.1) is 24.0 Å². The number of carboxylic acids is 1. The highest BCUT2D eigenvalue weighted by molar-refractivity contribution is 8.00. The number of nitrogens with zero attached hydrogens (tertiary/aromatic N) is 1. The first-order chi connectivity index (χ1) is 15.4. The van der Waals surface area contributed by atoms with E-state index in [0.29, 0.717) is 0 Å². The van der Waals surface area contributed by atoms with Crippen molar-refractivity contribution in [3.8, 4) is 5.75 Å². The van der Waals surface area contributed by atoms with Gasteiger partial charge >= 0.3 is 10.8 Å². The number of rotatable bonds is 4. The van der Waals surface area contributed by atoms with E-state index in [9.17, 15) is 24.3 Å². The van der Waals surface area contributed by atoms with Crippen LogP contribution in [0.15, 0.2) is 34.1 Å².